The van der Waals surface area contributed by atoms with Crippen molar-refractivity contribution >= 4 is 18.5 Å². The van der Waals surface area contributed by atoms with Gasteiger partial charge in [0.15, 0.2) is 0 Å². The van der Waals surface area contributed by atoms with Crippen LogP contribution >= 0.6 is 0 Å². The van der Waals surface area contributed by atoms with E-state index in [0.717, 1.165) is 24.5 Å². The lowest BCUT2D eigenvalue weighted by Crippen LogP contribution is -2.41. The Kier molecular flexibility index (Phi) is 2.83. The molecule has 3 rings (SSSR count). The lowest BCUT2D eigenvalue weighted by Gasteiger charge is -2.32. The van der Waals surface area contributed by atoms with Gasteiger partial charge < -0.3 is 14.2 Å². The topological polar surface area (TPSA) is 47.5 Å². The molecule has 0 amide bonds. The largest absolute Gasteiger partial charge is 0.516 e. The van der Waals surface area contributed by atoms with Gasteiger partial charge in [0, 0.05) is 19.3 Å². The fraction of sp³-hybridized carbons (Fsp3) is 0.692. The van der Waals surface area contributed by atoms with E-state index in [9.17, 15) is 0 Å². The predicted octanol–water partition coefficient (Wildman–Crippen LogP) is 0.986. The Hall–Kier alpha value is -1.14. The summed E-state index contributed by atoms with van der Waals surface area (Å²) in [5.41, 5.74) is 0.0705. The summed E-state index contributed by atoms with van der Waals surface area (Å²) in [5.74, 6) is 0.915. The molecule has 102 valence electrons. The second-order valence-corrected chi connectivity index (χ2v) is 6.23. The molecule has 0 aliphatic carbocycles. The Labute approximate surface area is 114 Å². The number of nitrogens with zero attached hydrogens (tertiary/aromatic N) is 3. The van der Waals surface area contributed by atoms with E-state index in [1.165, 1.54) is 6.42 Å². The molecule has 0 saturated carbocycles. The van der Waals surface area contributed by atoms with Crippen LogP contribution in [-0.2, 0) is 9.31 Å². The molecule has 0 bridgehead atoms. The van der Waals surface area contributed by atoms with E-state index in [0.29, 0.717) is 0 Å². The summed E-state index contributed by atoms with van der Waals surface area (Å²) in [4.78, 5) is 11.1. The third-order valence-electron chi connectivity index (χ3n) is 4.32. The van der Waals surface area contributed by atoms with Crippen LogP contribution in [0.15, 0.2) is 12.4 Å². The van der Waals surface area contributed by atoms with E-state index in [1.54, 1.807) is 12.4 Å². The quantitative estimate of drug-likeness (QED) is 0.743. The zero-order valence-corrected chi connectivity index (χ0v) is 12.0. The van der Waals surface area contributed by atoms with Gasteiger partial charge in [0.1, 0.15) is 5.82 Å². The van der Waals surface area contributed by atoms with E-state index in [1.807, 2.05) is 27.7 Å². The summed E-state index contributed by atoms with van der Waals surface area (Å²) in [6, 6.07) is 0. The van der Waals surface area contributed by atoms with Crippen molar-refractivity contribution in [3.05, 3.63) is 12.4 Å². The van der Waals surface area contributed by atoms with Crippen LogP contribution < -0.4 is 10.5 Å². The molecule has 0 radical (unpaired) electrons. The molecule has 2 saturated heterocycles. The molecule has 1 aromatic rings. The molecule has 0 N–H and O–H groups in total. The lowest BCUT2D eigenvalue weighted by molar-refractivity contribution is 0.00578. The fourth-order valence-electron chi connectivity index (χ4n) is 2.15. The maximum absolute atomic E-state index is 5.99. The zero-order chi connectivity index (χ0) is 13.7. The molecule has 2 aliphatic heterocycles. The molecule has 2 fully saturated rings. The summed E-state index contributed by atoms with van der Waals surface area (Å²) in [7, 11) is -0.432. The van der Waals surface area contributed by atoms with E-state index in [2.05, 4.69) is 14.9 Å². The monoisotopic (exact) mass is 261 g/mol. The number of anilines is 1. The van der Waals surface area contributed by atoms with E-state index >= 15 is 0 Å². The van der Waals surface area contributed by atoms with Crippen LogP contribution in [0.25, 0.3) is 0 Å². The van der Waals surface area contributed by atoms with Crippen LogP contribution in [0.1, 0.15) is 34.1 Å². The minimum atomic E-state index is -0.432. The second-order valence-electron chi connectivity index (χ2n) is 6.23. The van der Waals surface area contributed by atoms with Gasteiger partial charge in [-0.3, -0.25) is 4.98 Å². The average Bonchev–Trinajstić information content (AvgIpc) is 2.46. The number of hydrogen-bond donors (Lipinski definition) is 0. The molecule has 19 heavy (non-hydrogen) atoms. The van der Waals surface area contributed by atoms with Gasteiger partial charge >= 0.3 is 7.12 Å². The molecule has 0 spiro atoms. The van der Waals surface area contributed by atoms with Crippen molar-refractivity contribution in [3.63, 3.8) is 0 Å². The first-order valence-electron chi connectivity index (χ1n) is 6.82. The Morgan fingerprint density at radius 3 is 2.26 bits per heavy atom. The van der Waals surface area contributed by atoms with Crippen molar-refractivity contribution in [2.45, 2.75) is 45.3 Å². The van der Waals surface area contributed by atoms with Gasteiger partial charge in [-0.1, -0.05) is 0 Å². The number of hydrogen-bond acceptors (Lipinski definition) is 5. The summed E-state index contributed by atoms with van der Waals surface area (Å²) < 4.78 is 12.0. The molecule has 0 unspecified atom stereocenters. The standard InChI is InChI=1S/C13H20BN3O2/c1-12(2)13(3,4)19-14(18-12)10-8-15-9-11(16-10)17-6-5-7-17/h8-9H,5-7H2,1-4H3. The highest BCUT2D eigenvalue weighted by atomic mass is 16.7. The molecule has 1 aromatic heterocycles. The minimum Gasteiger partial charge on any atom is -0.398 e. The molecule has 3 heterocycles. The number of aromatic nitrogens is 2. The van der Waals surface area contributed by atoms with Crippen LogP contribution in [-0.4, -0.2) is 41.4 Å². The van der Waals surface area contributed by atoms with Crippen LogP contribution in [0, 0.1) is 0 Å². The van der Waals surface area contributed by atoms with Crippen molar-refractivity contribution < 1.29 is 9.31 Å². The van der Waals surface area contributed by atoms with Gasteiger partial charge in [-0.25, -0.2) is 4.98 Å². The molecule has 6 heteroatoms. The van der Waals surface area contributed by atoms with E-state index in [4.69, 9.17) is 9.31 Å². The molecular formula is C13H20BN3O2. The maximum Gasteiger partial charge on any atom is 0.516 e. The zero-order valence-electron chi connectivity index (χ0n) is 12.0. The molecular weight excluding hydrogens is 241 g/mol. The first-order chi connectivity index (χ1) is 8.89. The van der Waals surface area contributed by atoms with Crippen molar-refractivity contribution in [2.24, 2.45) is 0 Å². The van der Waals surface area contributed by atoms with Gasteiger partial charge in [0.2, 0.25) is 0 Å². The summed E-state index contributed by atoms with van der Waals surface area (Å²) in [6.07, 6.45) is 4.75. The van der Waals surface area contributed by atoms with Crippen molar-refractivity contribution in [1.29, 1.82) is 0 Å². The van der Waals surface area contributed by atoms with Gasteiger partial charge in [-0.05, 0) is 34.1 Å². The first-order valence-corrected chi connectivity index (χ1v) is 6.82. The smallest absolute Gasteiger partial charge is 0.398 e. The highest BCUT2D eigenvalue weighted by Crippen LogP contribution is 2.36. The summed E-state index contributed by atoms with van der Waals surface area (Å²) in [6.45, 7) is 10.3. The lowest BCUT2D eigenvalue weighted by atomic mass is 9.85. The molecule has 2 aliphatic rings. The SMILES string of the molecule is CC1(C)OB(c2cncc(N3CCC3)n2)OC1(C)C. The third-order valence-corrected chi connectivity index (χ3v) is 4.32. The predicted molar refractivity (Wildman–Crippen MR) is 74.6 cm³/mol. The van der Waals surface area contributed by atoms with Crippen LogP contribution in [0.3, 0.4) is 0 Å². The third kappa shape index (κ3) is 2.13. The molecule has 0 aromatic carbocycles. The summed E-state index contributed by atoms with van der Waals surface area (Å²) in [5, 5.41) is 0. The highest BCUT2D eigenvalue weighted by Gasteiger charge is 2.52. The van der Waals surface area contributed by atoms with Crippen molar-refractivity contribution in [2.75, 3.05) is 18.0 Å². The maximum atomic E-state index is 5.99. The molecule has 5 nitrogen and oxygen atoms in total. The second kappa shape index (κ2) is 4.18. The van der Waals surface area contributed by atoms with E-state index < -0.39 is 7.12 Å². The van der Waals surface area contributed by atoms with E-state index in [-0.39, 0.29) is 11.2 Å². The average molecular weight is 261 g/mol. The first kappa shape index (κ1) is 12.9. The van der Waals surface area contributed by atoms with Crippen molar-refractivity contribution in [3.8, 4) is 0 Å². The Morgan fingerprint density at radius 1 is 1.11 bits per heavy atom. The van der Waals surface area contributed by atoms with Gasteiger partial charge in [-0.15, -0.1) is 0 Å². The van der Waals surface area contributed by atoms with Crippen LogP contribution in [0.4, 0.5) is 5.82 Å². The normalized spacial score (nSPS) is 24.4. The van der Waals surface area contributed by atoms with Crippen LogP contribution in [0.5, 0.6) is 0 Å². The van der Waals surface area contributed by atoms with Crippen molar-refractivity contribution in [1.82, 2.24) is 9.97 Å². The highest BCUT2D eigenvalue weighted by molar-refractivity contribution is 6.61. The molecule has 0 atom stereocenters. The summed E-state index contributed by atoms with van der Waals surface area (Å²) >= 11 is 0. The Bertz CT molecular complexity index is 473. The van der Waals surface area contributed by atoms with Gasteiger partial charge in [-0.2, -0.15) is 0 Å². The Morgan fingerprint density at radius 2 is 1.74 bits per heavy atom. The van der Waals surface area contributed by atoms with Crippen LogP contribution in [0.2, 0.25) is 0 Å². The number of rotatable bonds is 2. The fourth-order valence-corrected chi connectivity index (χ4v) is 2.15. The Balaban J connectivity index is 1.83. The van der Waals surface area contributed by atoms with Gasteiger partial charge in [0.25, 0.3) is 0 Å². The minimum absolute atomic E-state index is 0.341. The van der Waals surface area contributed by atoms with Gasteiger partial charge in [0.05, 0.1) is 23.0 Å².